The summed E-state index contributed by atoms with van der Waals surface area (Å²) >= 11 is 0. The Kier molecular flexibility index (Phi) is 2.52. The third-order valence-electron chi connectivity index (χ3n) is 1.11. The van der Waals surface area contributed by atoms with Crippen molar-refractivity contribution < 1.29 is 17.6 Å². The van der Waals surface area contributed by atoms with E-state index in [4.69, 9.17) is 0 Å². The molecule has 0 atom stereocenters. The van der Waals surface area contributed by atoms with Crippen LogP contribution in [0.25, 0.3) is 0 Å². The molecule has 0 amide bonds. The number of pyridine rings is 1. The molecule has 1 aromatic heterocycles. The molecule has 1 nitrogen and oxygen atoms in total. The van der Waals surface area contributed by atoms with Gasteiger partial charge in [0.15, 0.2) is 5.82 Å². The number of nitrogens with zero attached hydrogens (tertiary/aromatic N) is 1. The smallest absolute Gasteiger partial charge is 0.262 e. The molecule has 0 spiro atoms. The van der Waals surface area contributed by atoms with Gasteiger partial charge in [-0.05, 0) is 6.07 Å². The second-order valence-corrected chi connectivity index (χ2v) is 2.10. The standard InChI is InChI=1S/C8H3F4N/c9-7-5-13-4-2-6(7)1-3-8(10,11)12/h2,4-5H. The Bertz CT molecular complexity index is 358. The van der Waals surface area contributed by atoms with Crippen molar-refractivity contribution in [2.45, 2.75) is 6.18 Å². The summed E-state index contributed by atoms with van der Waals surface area (Å²) in [4.78, 5) is 3.37. The average molecular weight is 189 g/mol. The minimum absolute atomic E-state index is 0.313. The van der Waals surface area contributed by atoms with Crippen molar-refractivity contribution in [3.63, 3.8) is 0 Å². The van der Waals surface area contributed by atoms with Gasteiger partial charge in [-0.15, -0.1) is 0 Å². The van der Waals surface area contributed by atoms with Crippen LogP contribution in [-0.4, -0.2) is 11.2 Å². The van der Waals surface area contributed by atoms with E-state index in [0.29, 0.717) is 0 Å². The van der Waals surface area contributed by atoms with Crippen LogP contribution < -0.4 is 0 Å². The Morgan fingerprint density at radius 3 is 2.54 bits per heavy atom. The average Bonchev–Trinajstić information content (AvgIpc) is 2.01. The van der Waals surface area contributed by atoms with Gasteiger partial charge in [-0.2, -0.15) is 13.2 Å². The van der Waals surface area contributed by atoms with E-state index in [-0.39, 0.29) is 5.56 Å². The summed E-state index contributed by atoms with van der Waals surface area (Å²) in [5, 5.41) is 0. The van der Waals surface area contributed by atoms with Crippen molar-refractivity contribution in [3.05, 3.63) is 29.8 Å². The van der Waals surface area contributed by atoms with Gasteiger partial charge >= 0.3 is 6.18 Å². The summed E-state index contributed by atoms with van der Waals surface area (Å²) in [6.07, 6.45) is -2.63. The molecule has 1 aromatic rings. The van der Waals surface area contributed by atoms with Crippen LogP contribution in [0, 0.1) is 17.7 Å². The topological polar surface area (TPSA) is 12.9 Å². The molecule has 0 unspecified atom stereocenters. The first-order chi connectivity index (χ1) is 5.99. The van der Waals surface area contributed by atoms with Gasteiger partial charge in [0.05, 0.1) is 11.8 Å². The summed E-state index contributed by atoms with van der Waals surface area (Å²) < 4.78 is 47.3. The first-order valence-corrected chi connectivity index (χ1v) is 3.18. The molecule has 0 aromatic carbocycles. The van der Waals surface area contributed by atoms with Gasteiger partial charge in [0.25, 0.3) is 0 Å². The SMILES string of the molecule is Fc1cnccc1C#CC(F)(F)F. The zero-order chi connectivity index (χ0) is 9.90. The van der Waals surface area contributed by atoms with Crippen LogP contribution in [0.5, 0.6) is 0 Å². The van der Waals surface area contributed by atoms with E-state index in [2.05, 4.69) is 4.98 Å². The predicted molar refractivity (Wildman–Crippen MR) is 37.1 cm³/mol. The second kappa shape index (κ2) is 3.44. The van der Waals surface area contributed by atoms with E-state index in [1.54, 1.807) is 5.92 Å². The van der Waals surface area contributed by atoms with E-state index in [1.807, 2.05) is 0 Å². The molecule has 0 fully saturated rings. The Morgan fingerprint density at radius 2 is 2.00 bits per heavy atom. The third kappa shape index (κ3) is 3.11. The molecule has 5 heteroatoms. The molecule has 1 rings (SSSR count). The summed E-state index contributed by atoms with van der Waals surface area (Å²) in [6, 6.07) is 1.08. The minimum atomic E-state index is -4.60. The monoisotopic (exact) mass is 189 g/mol. The molecule has 0 aliphatic carbocycles. The van der Waals surface area contributed by atoms with Crippen molar-refractivity contribution in [2.24, 2.45) is 0 Å². The van der Waals surface area contributed by atoms with Gasteiger partial charge in [-0.25, -0.2) is 4.39 Å². The van der Waals surface area contributed by atoms with Crippen LogP contribution in [0.3, 0.4) is 0 Å². The second-order valence-electron chi connectivity index (χ2n) is 2.10. The number of hydrogen-bond acceptors (Lipinski definition) is 1. The molecule has 0 saturated heterocycles. The van der Waals surface area contributed by atoms with Crippen molar-refractivity contribution >= 4 is 0 Å². The van der Waals surface area contributed by atoms with E-state index in [0.717, 1.165) is 18.2 Å². The van der Waals surface area contributed by atoms with Gasteiger partial charge in [0.2, 0.25) is 0 Å². The lowest BCUT2D eigenvalue weighted by Crippen LogP contribution is -2.01. The first kappa shape index (κ1) is 9.52. The fourth-order valence-electron chi connectivity index (χ4n) is 0.615. The predicted octanol–water partition coefficient (Wildman–Crippen LogP) is 2.13. The number of halogens is 4. The molecule has 0 bridgehead atoms. The number of hydrogen-bond donors (Lipinski definition) is 0. The Hall–Kier alpha value is -1.57. The van der Waals surface area contributed by atoms with Crippen LogP contribution >= 0.6 is 0 Å². The highest BCUT2D eigenvalue weighted by molar-refractivity contribution is 5.34. The van der Waals surface area contributed by atoms with Crippen LogP contribution in [0.2, 0.25) is 0 Å². The van der Waals surface area contributed by atoms with Crippen LogP contribution in [0.4, 0.5) is 17.6 Å². The summed E-state index contributed by atoms with van der Waals surface area (Å²) in [5.41, 5.74) is -0.313. The number of aromatic nitrogens is 1. The quantitative estimate of drug-likeness (QED) is 0.450. The molecule has 13 heavy (non-hydrogen) atoms. The number of alkyl halides is 3. The maximum atomic E-state index is 12.6. The highest BCUT2D eigenvalue weighted by Gasteiger charge is 2.23. The molecule has 0 N–H and O–H groups in total. The Balaban J connectivity index is 2.97. The fraction of sp³-hybridized carbons (Fsp3) is 0.125. The molecular weight excluding hydrogens is 186 g/mol. The van der Waals surface area contributed by atoms with E-state index < -0.39 is 12.0 Å². The maximum absolute atomic E-state index is 12.6. The van der Waals surface area contributed by atoms with Crippen LogP contribution in [-0.2, 0) is 0 Å². The normalized spacial score (nSPS) is 10.5. The van der Waals surface area contributed by atoms with Gasteiger partial charge < -0.3 is 0 Å². The molecule has 68 valence electrons. The van der Waals surface area contributed by atoms with Crippen molar-refractivity contribution in [1.29, 1.82) is 0 Å². The zero-order valence-electron chi connectivity index (χ0n) is 6.19. The highest BCUT2D eigenvalue weighted by atomic mass is 19.4. The van der Waals surface area contributed by atoms with Gasteiger partial charge in [0.1, 0.15) is 0 Å². The summed E-state index contributed by atoms with van der Waals surface area (Å²) in [7, 11) is 0. The molecule has 0 aliphatic rings. The van der Waals surface area contributed by atoms with Crippen molar-refractivity contribution in [2.75, 3.05) is 0 Å². The van der Waals surface area contributed by atoms with E-state index >= 15 is 0 Å². The Labute approximate surface area is 71.4 Å². The lowest BCUT2D eigenvalue weighted by Gasteiger charge is -1.93. The van der Waals surface area contributed by atoms with Crippen molar-refractivity contribution in [3.8, 4) is 11.8 Å². The minimum Gasteiger partial charge on any atom is -0.262 e. The van der Waals surface area contributed by atoms with Crippen LogP contribution in [0.1, 0.15) is 5.56 Å². The third-order valence-corrected chi connectivity index (χ3v) is 1.11. The van der Waals surface area contributed by atoms with E-state index in [9.17, 15) is 17.6 Å². The van der Waals surface area contributed by atoms with Gasteiger partial charge in [-0.3, -0.25) is 4.98 Å². The first-order valence-electron chi connectivity index (χ1n) is 3.18. The van der Waals surface area contributed by atoms with Crippen molar-refractivity contribution in [1.82, 2.24) is 4.98 Å². The lowest BCUT2D eigenvalue weighted by atomic mass is 10.2. The zero-order valence-corrected chi connectivity index (χ0v) is 6.19. The molecular formula is C8H3F4N. The maximum Gasteiger partial charge on any atom is 0.458 e. The van der Waals surface area contributed by atoms with Gasteiger partial charge in [-0.1, -0.05) is 5.92 Å². The fourth-order valence-corrected chi connectivity index (χ4v) is 0.615. The highest BCUT2D eigenvalue weighted by Crippen LogP contribution is 2.13. The summed E-state index contributed by atoms with van der Waals surface area (Å²) in [6.45, 7) is 0. The summed E-state index contributed by atoms with van der Waals surface area (Å²) in [5.74, 6) is 1.76. The number of rotatable bonds is 0. The van der Waals surface area contributed by atoms with Gasteiger partial charge in [0, 0.05) is 12.1 Å². The molecule has 0 saturated carbocycles. The Morgan fingerprint density at radius 1 is 1.31 bits per heavy atom. The molecule has 1 heterocycles. The molecule has 0 radical (unpaired) electrons. The van der Waals surface area contributed by atoms with Crippen LogP contribution in [0.15, 0.2) is 18.5 Å². The largest absolute Gasteiger partial charge is 0.458 e. The lowest BCUT2D eigenvalue weighted by molar-refractivity contribution is -0.0696. The van der Waals surface area contributed by atoms with E-state index in [1.165, 1.54) is 6.20 Å². The molecule has 0 aliphatic heterocycles.